The molecule has 2 amide bonds. The fraction of sp³-hybridized carbons (Fsp3) is 0.176. The number of ether oxygens (including phenoxy) is 1. The maximum atomic E-state index is 12.1. The summed E-state index contributed by atoms with van der Waals surface area (Å²) in [4.78, 5) is 24.2. The van der Waals surface area contributed by atoms with Crippen molar-refractivity contribution < 1.29 is 14.3 Å². The van der Waals surface area contributed by atoms with Gasteiger partial charge in [-0.2, -0.15) is 0 Å². The van der Waals surface area contributed by atoms with Gasteiger partial charge in [0.15, 0.2) is 6.10 Å². The standard InChI is InChI=1S/C17H17BrN2O3/c1-2-15(23-12-8-4-3-5-9-12)17(22)20-19-16(21)13-10-6-7-11-14(13)18/h3-11,15H,2H2,1H3,(H,19,21)(H,20,22). The summed E-state index contributed by atoms with van der Waals surface area (Å²) in [5.74, 6) is -0.205. The normalized spacial score (nSPS) is 11.4. The molecule has 0 spiro atoms. The zero-order chi connectivity index (χ0) is 16.7. The minimum Gasteiger partial charge on any atom is -0.481 e. The predicted molar refractivity (Wildman–Crippen MR) is 90.9 cm³/mol. The van der Waals surface area contributed by atoms with Crippen LogP contribution in [0.1, 0.15) is 23.7 Å². The monoisotopic (exact) mass is 376 g/mol. The van der Waals surface area contributed by atoms with Crippen molar-refractivity contribution in [1.82, 2.24) is 10.9 Å². The van der Waals surface area contributed by atoms with Crippen molar-refractivity contribution in [2.24, 2.45) is 0 Å². The number of hydrogen-bond acceptors (Lipinski definition) is 3. The third-order valence-corrected chi connectivity index (χ3v) is 3.79. The molecule has 1 unspecified atom stereocenters. The van der Waals surface area contributed by atoms with Gasteiger partial charge in [0.2, 0.25) is 0 Å². The highest BCUT2D eigenvalue weighted by molar-refractivity contribution is 9.10. The van der Waals surface area contributed by atoms with E-state index in [1.54, 1.807) is 36.4 Å². The summed E-state index contributed by atoms with van der Waals surface area (Å²) < 4.78 is 6.27. The molecule has 2 rings (SSSR count). The van der Waals surface area contributed by atoms with E-state index in [1.165, 1.54) is 0 Å². The van der Waals surface area contributed by atoms with Gasteiger partial charge in [-0.3, -0.25) is 20.4 Å². The Bertz CT molecular complexity index is 677. The van der Waals surface area contributed by atoms with Gasteiger partial charge in [0, 0.05) is 4.47 Å². The second-order valence-electron chi connectivity index (χ2n) is 4.75. The third-order valence-electron chi connectivity index (χ3n) is 3.10. The third kappa shape index (κ3) is 4.82. The molecule has 0 heterocycles. The summed E-state index contributed by atoms with van der Waals surface area (Å²) in [6.45, 7) is 1.84. The number of para-hydroxylation sites is 1. The molecule has 0 bridgehead atoms. The van der Waals surface area contributed by atoms with E-state index in [0.29, 0.717) is 22.2 Å². The van der Waals surface area contributed by atoms with Gasteiger partial charge in [-0.1, -0.05) is 37.3 Å². The van der Waals surface area contributed by atoms with Crippen LogP contribution in [0.5, 0.6) is 5.75 Å². The van der Waals surface area contributed by atoms with Crippen molar-refractivity contribution in [3.63, 3.8) is 0 Å². The van der Waals surface area contributed by atoms with Gasteiger partial charge in [-0.05, 0) is 46.6 Å². The van der Waals surface area contributed by atoms with Crippen molar-refractivity contribution in [3.05, 3.63) is 64.6 Å². The van der Waals surface area contributed by atoms with Gasteiger partial charge in [-0.15, -0.1) is 0 Å². The molecule has 5 nitrogen and oxygen atoms in total. The molecular formula is C17H17BrN2O3. The number of carbonyl (C=O) groups is 2. The molecule has 0 aromatic heterocycles. The molecule has 2 aromatic rings. The first-order valence-electron chi connectivity index (χ1n) is 7.18. The van der Waals surface area contributed by atoms with E-state index in [9.17, 15) is 9.59 Å². The topological polar surface area (TPSA) is 67.4 Å². The van der Waals surface area contributed by atoms with Crippen LogP contribution < -0.4 is 15.6 Å². The van der Waals surface area contributed by atoms with Gasteiger partial charge in [0.05, 0.1) is 5.56 Å². The Morgan fingerprint density at radius 3 is 2.35 bits per heavy atom. The molecule has 2 aromatic carbocycles. The summed E-state index contributed by atoms with van der Waals surface area (Å²) in [6, 6.07) is 16.0. The highest BCUT2D eigenvalue weighted by Crippen LogP contribution is 2.15. The van der Waals surface area contributed by atoms with Gasteiger partial charge < -0.3 is 4.74 Å². The molecule has 0 saturated heterocycles. The lowest BCUT2D eigenvalue weighted by atomic mass is 10.2. The number of amides is 2. The summed E-state index contributed by atoms with van der Waals surface area (Å²) in [6.07, 6.45) is -0.206. The molecule has 0 aliphatic heterocycles. The Labute approximate surface area is 143 Å². The largest absolute Gasteiger partial charge is 0.481 e. The second-order valence-corrected chi connectivity index (χ2v) is 5.61. The average Bonchev–Trinajstić information content (AvgIpc) is 2.58. The molecule has 0 aliphatic carbocycles. The highest BCUT2D eigenvalue weighted by Gasteiger charge is 2.19. The molecule has 120 valence electrons. The fourth-order valence-electron chi connectivity index (χ4n) is 1.90. The van der Waals surface area contributed by atoms with Gasteiger partial charge in [-0.25, -0.2) is 0 Å². The first-order valence-corrected chi connectivity index (χ1v) is 7.97. The average molecular weight is 377 g/mol. The van der Waals surface area contributed by atoms with Crippen molar-refractivity contribution in [1.29, 1.82) is 0 Å². The van der Waals surface area contributed by atoms with E-state index >= 15 is 0 Å². The number of hydrogen-bond donors (Lipinski definition) is 2. The first-order chi connectivity index (χ1) is 11.1. The Morgan fingerprint density at radius 1 is 1.04 bits per heavy atom. The molecule has 23 heavy (non-hydrogen) atoms. The van der Waals surface area contributed by atoms with Crippen LogP contribution in [0.15, 0.2) is 59.1 Å². The van der Waals surface area contributed by atoms with Gasteiger partial charge in [0.1, 0.15) is 5.75 Å². The Morgan fingerprint density at radius 2 is 1.70 bits per heavy atom. The van der Waals surface area contributed by atoms with Crippen LogP contribution in [0.25, 0.3) is 0 Å². The van der Waals surface area contributed by atoms with Crippen molar-refractivity contribution >= 4 is 27.7 Å². The van der Waals surface area contributed by atoms with Crippen LogP contribution in [0, 0.1) is 0 Å². The van der Waals surface area contributed by atoms with E-state index in [-0.39, 0.29) is 0 Å². The number of nitrogens with one attached hydrogen (secondary N) is 2. The van der Waals surface area contributed by atoms with E-state index in [0.717, 1.165) is 0 Å². The molecule has 0 saturated carbocycles. The maximum absolute atomic E-state index is 12.1. The molecule has 1 atom stereocenters. The lowest BCUT2D eigenvalue weighted by Crippen LogP contribution is -2.48. The van der Waals surface area contributed by atoms with Crippen LogP contribution >= 0.6 is 15.9 Å². The first kappa shape index (κ1) is 17.0. The van der Waals surface area contributed by atoms with Crippen LogP contribution in [0.3, 0.4) is 0 Å². The number of benzene rings is 2. The lowest BCUT2D eigenvalue weighted by molar-refractivity contribution is -0.128. The van der Waals surface area contributed by atoms with Crippen molar-refractivity contribution in [2.75, 3.05) is 0 Å². The van der Waals surface area contributed by atoms with Crippen LogP contribution in [0.2, 0.25) is 0 Å². The quantitative estimate of drug-likeness (QED) is 0.787. The van der Waals surface area contributed by atoms with Crippen LogP contribution in [-0.4, -0.2) is 17.9 Å². The lowest BCUT2D eigenvalue weighted by Gasteiger charge is -2.17. The number of carbonyl (C=O) groups excluding carboxylic acids is 2. The Hall–Kier alpha value is -2.34. The maximum Gasteiger partial charge on any atom is 0.279 e. The summed E-state index contributed by atoms with van der Waals surface area (Å²) >= 11 is 3.29. The van der Waals surface area contributed by atoms with Gasteiger partial charge in [0.25, 0.3) is 11.8 Å². The number of hydrazine groups is 1. The van der Waals surface area contributed by atoms with Crippen LogP contribution in [0.4, 0.5) is 0 Å². The Kier molecular flexibility index (Phi) is 6.17. The Balaban J connectivity index is 1.92. The molecule has 0 aliphatic rings. The molecule has 0 radical (unpaired) electrons. The summed E-state index contributed by atoms with van der Waals surface area (Å²) in [5.41, 5.74) is 5.22. The van der Waals surface area contributed by atoms with Crippen molar-refractivity contribution in [3.8, 4) is 5.75 Å². The van der Waals surface area contributed by atoms with E-state index in [4.69, 9.17) is 4.74 Å². The molecular weight excluding hydrogens is 360 g/mol. The predicted octanol–water partition coefficient (Wildman–Crippen LogP) is 3.07. The summed E-state index contributed by atoms with van der Waals surface area (Å²) in [7, 11) is 0. The van der Waals surface area contributed by atoms with Crippen LogP contribution in [-0.2, 0) is 4.79 Å². The second kappa shape index (κ2) is 8.33. The van der Waals surface area contributed by atoms with E-state index < -0.39 is 17.9 Å². The molecule has 2 N–H and O–H groups in total. The minimum atomic E-state index is -0.683. The number of rotatable bonds is 5. The SMILES string of the molecule is CCC(Oc1ccccc1)C(=O)NNC(=O)c1ccccc1Br. The highest BCUT2D eigenvalue weighted by atomic mass is 79.9. The number of halogens is 1. The minimum absolute atomic E-state index is 0.402. The smallest absolute Gasteiger partial charge is 0.279 e. The zero-order valence-corrected chi connectivity index (χ0v) is 14.2. The summed E-state index contributed by atoms with van der Waals surface area (Å²) in [5, 5.41) is 0. The van der Waals surface area contributed by atoms with E-state index in [2.05, 4.69) is 26.8 Å². The van der Waals surface area contributed by atoms with E-state index in [1.807, 2.05) is 25.1 Å². The molecule has 6 heteroatoms. The zero-order valence-electron chi connectivity index (χ0n) is 12.6. The fourth-order valence-corrected chi connectivity index (χ4v) is 2.36. The van der Waals surface area contributed by atoms with Crippen molar-refractivity contribution in [2.45, 2.75) is 19.4 Å². The van der Waals surface area contributed by atoms with Gasteiger partial charge >= 0.3 is 0 Å². The molecule has 0 fully saturated rings.